The Bertz CT molecular complexity index is 1050. The molecule has 0 unspecified atom stereocenters. The van der Waals surface area contributed by atoms with E-state index in [2.05, 4.69) is 6.92 Å². The third kappa shape index (κ3) is 1.61. The van der Waals surface area contributed by atoms with Crippen molar-refractivity contribution in [2.45, 2.75) is 76.1 Å². The number of hydrogen-bond acceptors (Lipinski definition) is 7. The van der Waals surface area contributed by atoms with Gasteiger partial charge in [-0.05, 0) is 62.4 Å². The topological polar surface area (TPSA) is 97.7 Å². The van der Waals surface area contributed by atoms with Crippen LogP contribution < -0.4 is 0 Å². The summed E-state index contributed by atoms with van der Waals surface area (Å²) in [6.45, 7) is 4.60. The van der Waals surface area contributed by atoms with Gasteiger partial charge in [0.1, 0.15) is 11.2 Å². The maximum Gasteiger partial charge on any atom is 0.333 e. The molecule has 7 heteroatoms. The number of hydrogen-bond donors (Lipinski definition) is 1. The van der Waals surface area contributed by atoms with E-state index in [-0.39, 0.29) is 41.4 Å². The number of methoxy groups -OCH3 is 1. The molecule has 172 valence electrons. The van der Waals surface area contributed by atoms with E-state index in [4.69, 9.17) is 19.2 Å². The van der Waals surface area contributed by atoms with Crippen molar-refractivity contribution in [2.24, 2.45) is 33.1 Å². The molecule has 32 heavy (non-hydrogen) atoms. The van der Waals surface area contributed by atoms with E-state index >= 15 is 0 Å². The van der Waals surface area contributed by atoms with Gasteiger partial charge in [-0.1, -0.05) is 6.92 Å². The minimum atomic E-state index is -0.562. The van der Waals surface area contributed by atoms with Crippen LogP contribution >= 0.6 is 0 Å². The molecule has 2 heterocycles. The summed E-state index contributed by atoms with van der Waals surface area (Å²) >= 11 is 0. The molecule has 8 rings (SSSR count). The number of rotatable bonds is 3. The number of carbonyl (C=O) groups excluding carboxylic acids is 2. The third-order valence-corrected chi connectivity index (χ3v) is 11.1. The van der Waals surface area contributed by atoms with E-state index in [1.807, 2.05) is 0 Å². The maximum absolute atomic E-state index is 13.0. The summed E-state index contributed by atoms with van der Waals surface area (Å²) in [6, 6.07) is 0. The summed E-state index contributed by atoms with van der Waals surface area (Å²) in [5.74, 6) is -0.340. The van der Waals surface area contributed by atoms with Crippen LogP contribution in [-0.2, 0) is 23.8 Å². The van der Waals surface area contributed by atoms with Crippen molar-refractivity contribution in [3.63, 3.8) is 0 Å². The molecule has 5 saturated carbocycles. The second kappa shape index (κ2) is 5.49. The zero-order valence-electron chi connectivity index (χ0n) is 19.0. The van der Waals surface area contributed by atoms with Gasteiger partial charge in [0.15, 0.2) is 0 Å². The molecule has 7 nitrogen and oxygen atoms in total. The number of epoxide rings is 1. The minimum Gasteiger partial charge on any atom is -0.466 e. The Hall–Kier alpha value is -1.73. The average Bonchev–Trinajstić information content (AvgIpc) is 2.99. The lowest BCUT2D eigenvalue weighted by atomic mass is 9.34. The molecule has 0 amide bonds. The predicted octanol–water partition coefficient (Wildman–Crippen LogP) is 2.35. The van der Waals surface area contributed by atoms with Crippen molar-refractivity contribution in [3.8, 4) is 0 Å². The van der Waals surface area contributed by atoms with Gasteiger partial charge in [-0.3, -0.25) is 9.79 Å². The van der Waals surface area contributed by atoms with E-state index in [1.165, 1.54) is 14.0 Å². The number of fused-ring (bicyclic) bond motifs is 1. The molecule has 3 spiro atoms. The predicted molar refractivity (Wildman–Crippen MR) is 113 cm³/mol. The SMILES string of the molecule is COC(=O)C1=C2CC[C@]34CC[C@@H]5[C@@H](O)[C@@]67CC[C@]5(COC(C)=O)[C@](C1)(C6=NC[C@H]7C)[C@]23O4. The van der Waals surface area contributed by atoms with E-state index in [1.54, 1.807) is 0 Å². The van der Waals surface area contributed by atoms with Crippen LogP contribution in [-0.4, -0.2) is 60.3 Å². The van der Waals surface area contributed by atoms with Crippen molar-refractivity contribution in [2.75, 3.05) is 20.3 Å². The fourth-order valence-corrected chi connectivity index (χ4v) is 10.0. The first-order valence-corrected chi connectivity index (χ1v) is 12.1. The molecule has 8 atom stereocenters. The van der Waals surface area contributed by atoms with Gasteiger partial charge in [0.05, 0.1) is 25.2 Å². The maximum atomic E-state index is 13.0. The normalized spacial score (nSPS) is 53.2. The smallest absolute Gasteiger partial charge is 0.333 e. The molecule has 1 saturated heterocycles. The van der Waals surface area contributed by atoms with E-state index < -0.39 is 22.5 Å². The van der Waals surface area contributed by atoms with Gasteiger partial charge in [0.25, 0.3) is 0 Å². The Morgan fingerprint density at radius 1 is 1.25 bits per heavy atom. The van der Waals surface area contributed by atoms with Crippen LogP contribution in [0.25, 0.3) is 0 Å². The molecule has 8 aliphatic rings. The molecule has 2 aliphatic heterocycles. The van der Waals surface area contributed by atoms with Crippen LogP contribution in [0.1, 0.15) is 58.8 Å². The number of aliphatic imine (C=N–C) groups is 1. The first-order valence-electron chi connectivity index (χ1n) is 12.1. The lowest BCUT2D eigenvalue weighted by Gasteiger charge is -2.69. The lowest BCUT2D eigenvalue weighted by Crippen LogP contribution is -2.76. The van der Waals surface area contributed by atoms with Gasteiger partial charge in [-0.15, -0.1) is 0 Å². The highest BCUT2D eigenvalue weighted by atomic mass is 16.6. The van der Waals surface area contributed by atoms with Crippen molar-refractivity contribution in [1.29, 1.82) is 0 Å². The Morgan fingerprint density at radius 3 is 2.81 bits per heavy atom. The van der Waals surface area contributed by atoms with Gasteiger partial charge in [-0.25, -0.2) is 4.79 Å². The summed E-state index contributed by atoms with van der Waals surface area (Å²) in [6.07, 6.45) is 5.18. The van der Waals surface area contributed by atoms with E-state index in [9.17, 15) is 14.7 Å². The van der Waals surface area contributed by atoms with Gasteiger partial charge in [0.2, 0.25) is 0 Å². The van der Waals surface area contributed by atoms with Crippen LogP contribution in [0, 0.1) is 28.1 Å². The molecular weight excluding hydrogens is 410 g/mol. The highest BCUT2D eigenvalue weighted by molar-refractivity contribution is 6.06. The number of aliphatic hydroxyl groups excluding tert-OH is 1. The standard InChI is InChI=1S/C25H31NO6/c1-13-11-26-20-23(13)9-8-21(12-31-14(2)27)17(18(23)28)5-7-22-6-4-16-15(19(29)30-3)10-24(20,21)25(16,22)32-22/h13,17-18,28H,4-12H2,1-3H3/t13-,17-,18-,21-,22+,23+,24+,25+/m1/s1. The Morgan fingerprint density at radius 2 is 2.06 bits per heavy atom. The van der Waals surface area contributed by atoms with E-state index in [0.29, 0.717) is 13.0 Å². The van der Waals surface area contributed by atoms with Crippen LogP contribution in [0.4, 0.5) is 0 Å². The third-order valence-electron chi connectivity index (χ3n) is 11.1. The van der Waals surface area contributed by atoms with Gasteiger partial charge < -0.3 is 19.3 Å². The molecular formula is C25H31NO6. The largest absolute Gasteiger partial charge is 0.466 e. The molecule has 0 radical (unpaired) electrons. The highest BCUT2D eigenvalue weighted by Crippen LogP contribution is 2.87. The molecule has 0 aromatic carbocycles. The molecule has 0 aromatic rings. The number of esters is 2. The fourth-order valence-electron chi connectivity index (χ4n) is 10.0. The molecule has 4 bridgehead atoms. The van der Waals surface area contributed by atoms with E-state index in [0.717, 1.165) is 55.4 Å². The van der Waals surface area contributed by atoms with Crippen molar-refractivity contribution in [3.05, 3.63) is 11.1 Å². The first kappa shape index (κ1) is 19.7. The fraction of sp³-hybridized carbons (Fsp3) is 0.800. The van der Waals surface area contributed by atoms with Crippen molar-refractivity contribution < 1.29 is 28.9 Å². The van der Waals surface area contributed by atoms with Gasteiger partial charge >= 0.3 is 11.9 Å². The van der Waals surface area contributed by atoms with Crippen LogP contribution in [0.5, 0.6) is 0 Å². The average molecular weight is 442 g/mol. The van der Waals surface area contributed by atoms with Crippen molar-refractivity contribution in [1.82, 2.24) is 0 Å². The Balaban J connectivity index is 1.54. The zero-order chi connectivity index (χ0) is 22.3. The number of ether oxygens (including phenoxy) is 3. The summed E-state index contributed by atoms with van der Waals surface area (Å²) < 4.78 is 17.9. The molecule has 0 aromatic heterocycles. The summed E-state index contributed by atoms with van der Waals surface area (Å²) in [4.78, 5) is 30.2. The first-order chi connectivity index (χ1) is 15.3. The summed E-state index contributed by atoms with van der Waals surface area (Å²) in [7, 11) is 1.44. The molecule has 1 N–H and O–H groups in total. The quantitative estimate of drug-likeness (QED) is 0.533. The van der Waals surface area contributed by atoms with Crippen LogP contribution in [0.2, 0.25) is 0 Å². The number of aliphatic hydroxyl groups is 1. The number of carbonyl (C=O) groups is 2. The monoisotopic (exact) mass is 441 g/mol. The Labute approximate surface area is 187 Å². The second-order valence-electron chi connectivity index (χ2n) is 11.5. The minimum absolute atomic E-state index is 0.00315. The zero-order valence-corrected chi connectivity index (χ0v) is 19.0. The Kier molecular flexibility index (Phi) is 3.38. The molecule has 6 aliphatic carbocycles. The van der Waals surface area contributed by atoms with Crippen molar-refractivity contribution >= 4 is 17.7 Å². The van der Waals surface area contributed by atoms with Gasteiger partial charge in [-0.2, -0.15) is 0 Å². The van der Waals surface area contributed by atoms with Crippen LogP contribution in [0.15, 0.2) is 16.1 Å². The lowest BCUT2D eigenvalue weighted by molar-refractivity contribution is -0.206. The second-order valence-corrected chi connectivity index (χ2v) is 11.5. The summed E-state index contributed by atoms with van der Waals surface area (Å²) in [5, 5.41) is 11.9. The number of nitrogens with zero attached hydrogens (tertiary/aromatic N) is 1. The van der Waals surface area contributed by atoms with Crippen LogP contribution in [0.3, 0.4) is 0 Å². The highest BCUT2D eigenvalue weighted by Gasteiger charge is 2.94. The summed E-state index contributed by atoms with van der Waals surface area (Å²) in [5.41, 5.74) is 0.630. The molecule has 6 fully saturated rings. The van der Waals surface area contributed by atoms with Gasteiger partial charge in [0, 0.05) is 35.6 Å².